The molecule has 0 atom stereocenters. The number of hydrogen-bond acceptors (Lipinski definition) is 6. The molecule has 1 rings (SSSR count). The molecule has 0 radical (unpaired) electrons. The molecule has 7 heteroatoms. The SMILES string of the molecule is [3H]NC(=O)CCCOc1cc(N=O)c(C(C)=O)cc1OC. The van der Waals surface area contributed by atoms with E-state index in [-0.39, 0.29) is 35.8 Å². The number of amides is 1. The molecule has 0 heterocycles. The van der Waals surface area contributed by atoms with Crippen LogP contribution < -0.4 is 15.2 Å². The van der Waals surface area contributed by atoms with Crippen molar-refractivity contribution in [2.75, 3.05) is 13.7 Å². The van der Waals surface area contributed by atoms with Gasteiger partial charge in [-0.15, -0.1) is 4.91 Å². The number of nitrogens with two attached hydrogens (primary N) is 1. The van der Waals surface area contributed by atoms with Crippen molar-refractivity contribution < 1.29 is 20.5 Å². The van der Waals surface area contributed by atoms with Crippen LogP contribution in [0.3, 0.4) is 0 Å². The van der Waals surface area contributed by atoms with E-state index in [0.29, 0.717) is 12.2 Å². The fourth-order valence-electron chi connectivity index (χ4n) is 1.59. The summed E-state index contributed by atoms with van der Waals surface area (Å²) in [6.07, 6.45) is 0.544. The van der Waals surface area contributed by atoms with Gasteiger partial charge in [0.25, 0.3) is 0 Å². The number of methoxy groups -OCH3 is 1. The summed E-state index contributed by atoms with van der Waals surface area (Å²) in [5, 5.41) is 2.80. The Bertz CT molecular complexity index is 548. The fraction of sp³-hybridized carbons (Fsp3) is 0.385. The van der Waals surface area contributed by atoms with Crippen LogP contribution in [0.4, 0.5) is 5.69 Å². The number of Topliss-reactive ketones (excluding diaryl/α,β-unsaturated/α-hetero) is 1. The van der Waals surface area contributed by atoms with Gasteiger partial charge in [-0.05, 0) is 24.6 Å². The molecule has 0 unspecified atom stereocenters. The molecular weight excluding hydrogens is 264 g/mol. The van der Waals surface area contributed by atoms with Gasteiger partial charge in [-0.3, -0.25) is 9.59 Å². The number of carbonyl (C=O) groups is 2. The number of nitroso groups, excluding NO2 is 1. The van der Waals surface area contributed by atoms with Gasteiger partial charge in [-0.2, -0.15) is 0 Å². The number of nitrogens with zero attached hydrogens (tertiary/aromatic N) is 1. The van der Waals surface area contributed by atoms with Crippen molar-refractivity contribution in [3.63, 3.8) is 0 Å². The van der Waals surface area contributed by atoms with Crippen molar-refractivity contribution in [3.05, 3.63) is 22.6 Å². The van der Waals surface area contributed by atoms with E-state index >= 15 is 0 Å². The minimum Gasteiger partial charge on any atom is -0.493 e. The van der Waals surface area contributed by atoms with E-state index in [4.69, 9.17) is 10.9 Å². The molecule has 0 aromatic heterocycles. The maximum absolute atomic E-state index is 11.4. The Kier molecular flexibility index (Phi) is 5.05. The van der Waals surface area contributed by atoms with Crippen molar-refractivity contribution in [1.82, 2.24) is 0 Å². The van der Waals surface area contributed by atoms with Crippen LogP contribution in [0.2, 0.25) is 1.41 Å². The summed E-state index contributed by atoms with van der Waals surface area (Å²) in [4.78, 5) is 33.1. The minimum absolute atomic E-state index is 0.0257. The van der Waals surface area contributed by atoms with Gasteiger partial charge in [-0.1, -0.05) is 0 Å². The normalized spacial score (nSPS) is 10.4. The van der Waals surface area contributed by atoms with E-state index in [1.54, 1.807) is 5.73 Å². The van der Waals surface area contributed by atoms with Crippen LogP contribution in [0.5, 0.6) is 11.5 Å². The van der Waals surface area contributed by atoms with Crippen molar-refractivity contribution in [3.8, 4) is 11.5 Å². The average Bonchev–Trinajstić information content (AvgIpc) is 2.50. The third kappa shape index (κ3) is 4.04. The second-order valence-corrected chi connectivity index (χ2v) is 4.04. The molecule has 1 aromatic carbocycles. The molecule has 0 aliphatic rings. The maximum atomic E-state index is 11.4. The zero-order valence-corrected chi connectivity index (χ0v) is 11.3. The number of hydrogen-bond donors (Lipinski definition) is 1. The quantitative estimate of drug-likeness (QED) is 0.445. The Hall–Kier alpha value is -2.44. The summed E-state index contributed by atoms with van der Waals surface area (Å²) in [6, 6.07) is 2.72. The molecule has 0 bridgehead atoms. The van der Waals surface area contributed by atoms with Gasteiger partial charge in [0.1, 0.15) is 5.69 Å². The van der Waals surface area contributed by atoms with E-state index < -0.39 is 5.91 Å². The Morgan fingerprint density at radius 3 is 2.70 bits per heavy atom. The lowest BCUT2D eigenvalue weighted by atomic mass is 10.1. The highest BCUT2D eigenvalue weighted by atomic mass is 16.5. The summed E-state index contributed by atoms with van der Waals surface area (Å²) >= 11 is 0. The van der Waals surface area contributed by atoms with E-state index in [0.717, 1.165) is 0 Å². The van der Waals surface area contributed by atoms with Gasteiger partial charge in [0.15, 0.2) is 18.7 Å². The largest absolute Gasteiger partial charge is 0.493 e. The first-order chi connectivity index (χ1) is 10.0. The fourth-order valence-corrected chi connectivity index (χ4v) is 1.59. The number of rotatable bonds is 8. The number of carbonyl (C=O) groups excluding carboxylic acids is 2. The molecular formula is C13H16N2O5. The lowest BCUT2D eigenvalue weighted by molar-refractivity contribution is -0.118. The lowest BCUT2D eigenvalue weighted by Crippen LogP contribution is -2.12. The number of primary amides is 1. The van der Waals surface area contributed by atoms with Gasteiger partial charge < -0.3 is 15.2 Å². The Morgan fingerprint density at radius 1 is 1.40 bits per heavy atom. The van der Waals surface area contributed by atoms with Crippen LogP contribution in [-0.4, -0.2) is 25.4 Å². The van der Waals surface area contributed by atoms with Crippen molar-refractivity contribution in [2.45, 2.75) is 19.8 Å². The summed E-state index contributed by atoms with van der Waals surface area (Å²) in [5.41, 5.74) is 1.89. The average molecular weight is 282 g/mol. The van der Waals surface area contributed by atoms with Crippen molar-refractivity contribution >= 4 is 17.4 Å². The molecule has 0 fully saturated rings. The zero-order valence-electron chi connectivity index (χ0n) is 12.3. The second kappa shape index (κ2) is 7.22. The third-order valence-corrected chi connectivity index (χ3v) is 2.57. The minimum atomic E-state index is -0.410. The summed E-state index contributed by atoms with van der Waals surface area (Å²) < 4.78 is 17.2. The predicted octanol–water partition coefficient (Wildman–Crippen LogP) is 1.94. The number of ether oxygens (including phenoxy) is 2. The van der Waals surface area contributed by atoms with Crippen LogP contribution >= 0.6 is 0 Å². The monoisotopic (exact) mass is 282 g/mol. The van der Waals surface area contributed by atoms with Gasteiger partial charge in [-0.25, -0.2) is 0 Å². The third-order valence-electron chi connectivity index (χ3n) is 2.57. The molecule has 0 aliphatic carbocycles. The van der Waals surface area contributed by atoms with Crippen LogP contribution in [0.1, 0.15) is 30.1 Å². The highest BCUT2D eigenvalue weighted by molar-refractivity contribution is 5.99. The van der Waals surface area contributed by atoms with Crippen molar-refractivity contribution in [1.29, 1.82) is 0 Å². The summed E-state index contributed by atoms with van der Waals surface area (Å²) in [7, 11) is 1.41. The van der Waals surface area contributed by atoms with Gasteiger partial charge >= 0.3 is 0 Å². The highest BCUT2D eigenvalue weighted by Gasteiger charge is 2.15. The van der Waals surface area contributed by atoms with Crippen LogP contribution in [0, 0.1) is 4.91 Å². The maximum Gasteiger partial charge on any atom is 0.217 e. The van der Waals surface area contributed by atoms with Crippen LogP contribution in [0.15, 0.2) is 17.3 Å². The van der Waals surface area contributed by atoms with E-state index in [9.17, 15) is 14.5 Å². The zero-order chi connectivity index (χ0) is 15.8. The smallest absolute Gasteiger partial charge is 0.217 e. The first kappa shape index (κ1) is 14.0. The van der Waals surface area contributed by atoms with Gasteiger partial charge in [0, 0.05) is 12.5 Å². The Balaban J connectivity index is 2.84. The molecule has 0 saturated heterocycles. The molecule has 108 valence electrons. The second-order valence-electron chi connectivity index (χ2n) is 4.04. The molecule has 7 nitrogen and oxygen atoms in total. The molecule has 1 aromatic rings. The van der Waals surface area contributed by atoms with Gasteiger partial charge in [0.05, 0.1) is 19.3 Å². The topological polar surface area (TPSA) is 108 Å². The summed E-state index contributed by atoms with van der Waals surface area (Å²) in [5.74, 6) is -0.143. The molecule has 1 amide bonds. The first-order valence-corrected chi connectivity index (χ1v) is 5.93. The molecule has 0 saturated carbocycles. The van der Waals surface area contributed by atoms with Crippen LogP contribution in [-0.2, 0) is 4.79 Å². The predicted molar refractivity (Wildman–Crippen MR) is 72.4 cm³/mol. The lowest BCUT2D eigenvalue weighted by Gasteiger charge is -2.12. The van der Waals surface area contributed by atoms with E-state index in [1.807, 2.05) is 0 Å². The Morgan fingerprint density at radius 2 is 2.15 bits per heavy atom. The molecule has 0 spiro atoms. The number of benzene rings is 1. The van der Waals surface area contributed by atoms with Crippen molar-refractivity contribution in [2.24, 2.45) is 10.9 Å². The number of ketones is 1. The van der Waals surface area contributed by atoms with E-state index in [1.165, 1.54) is 26.2 Å². The molecule has 20 heavy (non-hydrogen) atoms. The first-order valence-electron chi connectivity index (χ1n) is 6.43. The molecule has 2 N–H and O–H groups in total. The standard InChI is InChI=1S/C13H16N2O5/c1-8(16)9-6-11(19-2)12(7-10(9)15-18)20-5-3-4-13(14)17/h6-7H,3-5H2,1-2H3,(H2,14,17)/i/hT. The summed E-state index contributed by atoms with van der Waals surface area (Å²) in [6.45, 7) is 1.52. The van der Waals surface area contributed by atoms with E-state index in [2.05, 4.69) is 5.18 Å². The molecule has 0 aliphatic heterocycles. The highest BCUT2D eigenvalue weighted by Crippen LogP contribution is 2.35. The van der Waals surface area contributed by atoms with Gasteiger partial charge in [0.2, 0.25) is 5.91 Å². The van der Waals surface area contributed by atoms with Crippen LogP contribution in [0.25, 0.3) is 0 Å². The Labute approximate surface area is 117 Å².